The van der Waals surface area contributed by atoms with Crippen molar-refractivity contribution in [2.24, 2.45) is 0 Å². The first kappa shape index (κ1) is 34.5. The second-order valence-corrected chi connectivity index (χ2v) is 9.20. The molecule has 0 amide bonds. The monoisotopic (exact) mass is 518 g/mol. The minimum atomic E-state index is -1.05. The average Bonchev–Trinajstić information content (AvgIpc) is 2.88. The zero-order chi connectivity index (χ0) is 27.4. The zero-order valence-electron chi connectivity index (χ0n) is 23.2. The van der Waals surface area contributed by atoms with Gasteiger partial charge in [0.15, 0.2) is 5.78 Å². The van der Waals surface area contributed by atoms with E-state index in [9.17, 15) is 19.5 Å². The molecule has 0 aromatic heterocycles. The van der Waals surface area contributed by atoms with Gasteiger partial charge in [-0.05, 0) is 44.6 Å². The van der Waals surface area contributed by atoms with Crippen LogP contribution < -0.4 is 0 Å². The molecule has 6 heteroatoms. The van der Waals surface area contributed by atoms with E-state index in [-0.39, 0.29) is 37.8 Å². The number of carbonyl (C=O) groups excluding carboxylic acids is 3. The molecule has 0 heterocycles. The predicted molar refractivity (Wildman–Crippen MR) is 150 cm³/mol. The van der Waals surface area contributed by atoms with Gasteiger partial charge in [0.1, 0.15) is 19.3 Å². The minimum Gasteiger partial charge on any atom is -0.463 e. The van der Waals surface area contributed by atoms with Crippen molar-refractivity contribution in [2.45, 2.75) is 116 Å². The fourth-order valence-electron chi connectivity index (χ4n) is 3.33. The number of esters is 2. The molecular formula is C31H50O6. The highest BCUT2D eigenvalue weighted by Gasteiger charge is 2.12. The predicted octanol–water partition coefficient (Wildman–Crippen LogP) is 7.12. The van der Waals surface area contributed by atoms with Crippen molar-refractivity contribution in [1.82, 2.24) is 0 Å². The van der Waals surface area contributed by atoms with Gasteiger partial charge in [0.25, 0.3) is 0 Å². The van der Waals surface area contributed by atoms with Crippen molar-refractivity contribution in [1.29, 1.82) is 0 Å². The average molecular weight is 519 g/mol. The molecule has 0 rings (SSSR count). The summed E-state index contributed by atoms with van der Waals surface area (Å²) in [5, 5.41) is 9.82. The van der Waals surface area contributed by atoms with Crippen LogP contribution in [0.15, 0.2) is 48.6 Å². The molecule has 0 aliphatic carbocycles. The molecular weight excluding hydrogens is 468 g/mol. The van der Waals surface area contributed by atoms with E-state index in [1.54, 1.807) is 6.08 Å². The second-order valence-electron chi connectivity index (χ2n) is 9.20. The van der Waals surface area contributed by atoms with Crippen molar-refractivity contribution < 1.29 is 29.0 Å². The number of rotatable bonds is 24. The van der Waals surface area contributed by atoms with Crippen molar-refractivity contribution >= 4 is 17.7 Å². The van der Waals surface area contributed by atoms with Crippen LogP contribution in [-0.4, -0.2) is 42.1 Å². The van der Waals surface area contributed by atoms with Gasteiger partial charge in [-0.3, -0.25) is 14.4 Å². The van der Waals surface area contributed by atoms with Gasteiger partial charge >= 0.3 is 11.9 Å². The summed E-state index contributed by atoms with van der Waals surface area (Å²) in [5.74, 6) is -0.885. The lowest BCUT2D eigenvalue weighted by Crippen LogP contribution is -2.25. The lowest BCUT2D eigenvalue weighted by molar-refractivity contribution is -0.152. The number of aliphatic hydroxyl groups is 1. The Bertz CT molecular complexity index is 704. The van der Waals surface area contributed by atoms with Crippen molar-refractivity contribution in [2.75, 3.05) is 13.2 Å². The van der Waals surface area contributed by atoms with E-state index in [0.29, 0.717) is 12.8 Å². The number of ether oxygens (including phenoxy) is 2. The molecule has 0 radical (unpaired) electrons. The van der Waals surface area contributed by atoms with E-state index in [0.717, 1.165) is 51.4 Å². The second kappa shape index (κ2) is 26.6. The number of aliphatic hydroxyl groups excluding tert-OH is 1. The number of hydrogen-bond acceptors (Lipinski definition) is 6. The fourth-order valence-corrected chi connectivity index (χ4v) is 3.33. The molecule has 1 N–H and O–H groups in total. The van der Waals surface area contributed by atoms with Gasteiger partial charge < -0.3 is 14.6 Å². The topological polar surface area (TPSA) is 89.9 Å². The number of ketones is 1. The van der Waals surface area contributed by atoms with E-state index >= 15 is 0 Å². The maximum absolute atomic E-state index is 11.9. The van der Waals surface area contributed by atoms with Gasteiger partial charge in [0.05, 0.1) is 0 Å². The number of hydrogen-bond donors (Lipinski definition) is 1. The van der Waals surface area contributed by atoms with Crippen LogP contribution in [-0.2, 0) is 23.9 Å². The Morgan fingerprint density at radius 2 is 1.22 bits per heavy atom. The third-order valence-electron chi connectivity index (χ3n) is 5.54. The van der Waals surface area contributed by atoms with Crippen LogP contribution in [0.2, 0.25) is 0 Å². The molecule has 37 heavy (non-hydrogen) atoms. The van der Waals surface area contributed by atoms with Gasteiger partial charge in [-0.2, -0.15) is 0 Å². The minimum absolute atomic E-state index is 0.0529. The Kier molecular flexibility index (Phi) is 24.8. The van der Waals surface area contributed by atoms with Crippen LogP contribution in [0.1, 0.15) is 110 Å². The Morgan fingerprint density at radius 1 is 0.649 bits per heavy atom. The maximum atomic E-state index is 11.9. The van der Waals surface area contributed by atoms with Crippen LogP contribution in [0.3, 0.4) is 0 Å². The standard InChI is InChI=1S/C31H50O6/c1-3-5-7-9-10-11-12-13-14-15-16-18-19-22-28(32)23-21-25-31(35)37-27-29(33)26-36-30(34)24-20-17-8-6-4-2/h10-11,13-14,16,18-19,22,29,33H,3-9,12,15,17,20-21,23-27H2,1-2H3/b11-10-,14-13-,18-16-,22-19+/t29-/m1/s1. The smallest absolute Gasteiger partial charge is 0.305 e. The summed E-state index contributed by atoms with van der Waals surface area (Å²) in [7, 11) is 0. The normalized spacial score (nSPS) is 12.7. The van der Waals surface area contributed by atoms with Gasteiger partial charge in [-0.25, -0.2) is 0 Å². The molecule has 0 spiro atoms. The first-order valence-electron chi connectivity index (χ1n) is 14.1. The van der Waals surface area contributed by atoms with Crippen LogP contribution in [0, 0.1) is 0 Å². The van der Waals surface area contributed by atoms with Gasteiger partial charge in [0, 0.05) is 19.3 Å². The third-order valence-corrected chi connectivity index (χ3v) is 5.54. The van der Waals surface area contributed by atoms with Crippen LogP contribution in [0.5, 0.6) is 0 Å². The molecule has 0 saturated carbocycles. The summed E-state index contributed by atoms with van der Waals surface area (Å²) in [5.41, 5.74) is 0. The third kappa shape index (κ3) is 26.4. The van der Waals surface area contributed by atoms with Gasteiger partial charge in [-0.15, -0.1) is 0 Å². The first-order valence-corrected chi connectivity index (χ1v) is 14.1. The zero-order valence-corrected chi connectivity index (χ0v) is 23.2. The number of unbranched alkanes of at least 4 members (excludes halogenated alkanes) is 7. The lowest BCUT2D eigenvalue weighted by Gasteiger charge is -2.12. The molecule has 0 unspecified atom stereocenters. The molecule has 0 aromatic carbocycles. The molecule has 0 saturated heterocycles. The maximum Gasteiger partial charge on any atom is 0.305 e. The lowest BCUT2D eigenvalue weighted by atomic mass is 10.1. The van der Waals surface area contributed by atoms with Gasteiger partial charge in [0.2, 0.25) is 0 Å². The highest BCUT2D eigenvalue weighted by molar-refractivity contribution is 5.90. The Labute approximate surface area is 224 Å². The Morgan fingerprint density at radius 3 is 1.89 bits per heavy atom. The number of carbonyl (C=O) groups is 3. The fraction of sp³-hybridized carbons (Fsp3) is 0.645. The molecule has 0 bridgehead atoms. The number of allylic oxidation sites excluding steroid dienone is 8. The SMILES string of the molecule is CCCCC/C=C\C/C=C\C/C=C\C=C\C(=O)CCCC(=O)OC[C@H](O)COC(=O)CCCCCCC. The highest BCUT2D eigenvalue weighted by Crippen LogP contribution is 2.06. The molecule has 0 aliphatic heterocycles. The summed E-state index contributed by atoms with van der Waals surface area (Å²) in [4.78, 5) is 35.3. The first-order chi connectivity index (χ1) is 18.0. The molecule has 0 aromatic rings. The Balaban J connectivity index is 3.77. The molecule has 1 atom stereocenters. The van der Waals surface area contributed by atoms with E-state index < -0.39 is 12.1 Å². The van der Waals surface area contributed by atoms with Crippen molar-refractivity contribution in [3.8, 4) is 0 Å². The summed E-state index contributed by atoms with van der Waals surface area (Å²) < 4.78 is 10.0. The molecule has 6 nitrogen and oxygen atoms in total. The van der Waals surface area contributed by atoms with E-state index in [1.165, 1.54) is 25.3 Å². The van der Waals surface area contributed by atoms with Crippen LogP contribution >= 0.6 is 0 Å². The van der Waals surface area contributed by atoms with Crippen molar-refractivity contribution in [3.05, 3.63) is 48.6 Å². The molecule has 0 aliphatic rings. The summed E-state index contributed by atoms with van der Waals surface area (Å²) in [6.07, 6.45) is 27.7. The van der Waals surface area contributed by atoms with Gasteiger partial charge in [-0.1, -0.05) is 94.9 Å². The van der Waals surface area contributed by atoms with E-state index in [1.807, 2.05) is 12.2 Å². The summed E-state index contributed by atoms with van der Waals surface area (Å²) in [6, 6.07) is 0. The quantitative estimate of drug-likeness (QED) is 0.0481. The summed E-state index contributed by atoms with van der Waals surface area (Å²) >= 11 is 0. The van der Waals surface area contributed by atoms with E-state index in [4.69, 9.17) is 9.47 Å². The molecule has 210 valence electrons. The van der Waals surface area contributed by atoms with Crippen LogP contribution in [0.25, 0.3) is 0 Å². The van der Waals surface area contributed by atoms with E-state index in [2.05, 4.69) is 38.2 Å². The highest BCUT2D eigenvalue weighted by atomic mass is 16.6. The van der Waals surface area contributed by atoms with Crippen molar-refractivity contribution in [3.63, 3.8) is 0 Å². The largest absolute Gasteiger partial charge is 0.463 e. The Hall–Kier alpha value is -2.47. The molecule has 0 fully saturated rings. The summed E-state index contributed by atoms with van der Waals surface area (Å²) in [6.45, 7) is 3.92. The van der Waals surface area contributed by atoms with Crippen LogP contribution in [0.4, 0.5) is 0 Å².